The molecule has 3 nitrogen and oxygen atoms in total. The predicted molar refractivity (Wildman–Crippen MR) is 81.4 cm³/mol. The Kier molecular flexibility index (Phi) is 4.92. The Morgan fingerprint density at radius 3 is 2.72 bits per heavy atom. The maximum absolute atomic E-state index is 4.73. The van der Waals surface area contributed by atoms with Crippen molar-refractivity contribution in [1.82, 2.24) is 15.3 Å². The summed E-state index contributed by atoms with van der Waals surface area (Å²) in [6.07, 6.45) is 1.99. The molecule has 0 bridgehead atoms. The van der Waals surface area contributed by atoms with Gasteiger partial charge in [-0.05, 0) is 20.9 Å². The van der Waals surface area contributed by atoms with E-state index < -0.39 is 0 Å². The summed E-state index contributed by atoms with van der Waals surface area (Å²) < 4.78 is 0. The van der Waals surface area contributed by atoms with Crippen LogP contribution in [0, 0.1) is 6.92 Å². The minimum Gasteiger partial charge on any atom is -0.313 e. The fourth-order valence-electron chi connectivity index (χ4n) is 2.13. The van der Waals surface area contributed by atoms with Crippen molar-refractivity contribution in [1.29, 1.82) is 0 Å². The van der Waals surface area contributed by atoms with Crippen molar-refractivity contribution in [2.75, 3.05) is 18.6 Å². The molecule has 0 aromatic carbocycles. The van der Waals surface area contributed by atoms with Gasteiger partial charge in [0, 0.05) is 40.3 Å². The maximum Gasteiger partial charge on any atom is 0.142 e. The Bertz CT molecular complexity index is 411. The summed E-state index contributed by atoms with van der Waals surface area (Å²) in [5, 5.41) is 4.29. The average Bonchev–Trinajstić information content (AvgIpc) is 2.38. The summed E-state index contributed by atoms with van der Waals surface area (Å²) >= 11 is 4.02. The molecule has 1 aromatic heterocycles. The number of aromatic nitrogens is 2. The molecule has 2 heterocycles. The van der Waals surface area contributed by atoms with Crippen molar-refractivity contribution >= 4 is 23.5 Å². The van der Waals surface area contributed by atoms with Gasteiger partial charge in [0.05, 0.1) is 5.25 Å². The Hall–Kier alpha value is -0.260. The second-order valence-corrected chi connectivity index (χ2v) is 7.38. The van der Waals surface area contributed by atoms with Crippen LogP contribution >= 0.6 is 23.5 Å². The molecular weight excluding hydrogens is 262 g/mol. The Balaban J connectivity index is 2.22. The van der Waals surface area contributed by atoms with Gasteiger partial charge in [0.1, 0.15) is 5.82 Å². The van der Waals surface area contributed by atoms with Gasteiger partial charge in [0.25, 0.3) is 0 Å². The average molecular weight is 283 g/mol. The zero-order chi connectivity index (χ0) is 13.1. The molecular formula is C13H21N3S2. The highest BCUT2D eigenvalue weighted by atomic mass is 32.2. The number of aryl methyl sites for hydroxylation is 1. The van der Waals surface area contributed by atoms with Gasteiger partial charge in [0.2, 0.25) is 0 Å². The second-order valence-electron chi connectivity index (χ2n) is 4.65. The Labute approximate surface area is 118 Å². The Morgan fingerprint density at radius 1 is 1.39 bits per heavy atom. The number of nitrogens with one attached hydrogen (secondary N) is 1. The largest absolute Gasteiger partial charge is 0.313 e. The van der Waals surface area contributed by atoms with E-state index in [9.17, 15) is 0 Å². The van der Waals surface area contributed by atoms with E-state index in [2.05, 4.69) is 31.1 Å². The van der Waals surface area contributed by atoms with Gasteiger partial charge >= 0.3 is 0 Å². The maximum atomic E-state index is 4.73. The van der Waals surface area contributed by atoms with Crippen molar-refractivity contribution in [3.63, 3.8) is 0 Å². The summed E-state index contributed by atoms with van der Waals surface area (Å²) in [5.41, 5.74) is 2.30. The topological polar surface area (TPSA) is 37.8 Å². The smallest absolute Gasteiger partial charge is 0.142 e. The lowest BCUT2D eigenvalue weighted by atomic mass is 10.1. The molecule has 1 aromatic rings. The molecule has 0 amide bonds. The summed E-state index contributed by atoms with van der Waals surface area (Å²) in [5.74, 6) is 3.46. The van der Waals surface area contributed by atoms with E-state index in [-0.39, 0.29) is 0 Å². The predicted octanol–water partition coefficient (Wildman–Crippen LogP) is 2.98. The summed E-state index contributed by atoms with van der Waals surface area (Å²) in [6.45, 7) is 6.50. The van der Waals surface area contributed by atoms with Crippen LogP contribution in [0.3, 0.4) is 0 Å². The number of hydrogen-bond acceptors (Lipinski definition) is 5. The number of nitrogens with zero attached hydrogens (tertiary/aromatic N) is 2. The van der Waals surface area contributed by atoms with Crippen LogP contribution in [0.15, 0.2) is 6.20 Å². The fraction of sp³-hybridized carbons (Fsp3) is 0.692. The first-order chi connectivity index (χ1) is 8.63. The van der Waals surface area contributed by atoms with Crippen molar-refractivity contribution in [3.8, 4) is 0 Å². The zero-order valence-corrected chi connectivity index (χ0v) is 13.1. The molecule has 3 unspecified atom stereocenters. The lowest BCUT2D eigenvalue weighted by Gasteiger charge is -2.27. The molecule has 1 aliphatic rings. The van der Waals surface area contributed by atoms with Crippen LogP contribution in [0.1, 0.15) is 42.2 Å². The molecule has 1 fully saturated rings. The van der Waals surface area contributed by atoms with Crippen molar-refractivity contribution in [2.45, 2.75) is 37.3 Å². The van der Waals surface area contributed by atoms with Crippen molar-refractivity contribution in [2.24, 2.45) is 0 Å². The van der Waals surface area contributed by atoms with Crippen molar-refractivity contribution < 1.29 is 0 Å². The van der Waals surface area contributed by atoms with E-state index in [0.717, 1.165) is 11.5 Å². The molecule has 100 valence electrons. The molecule has 1 saturated heterocycles. The first kappa shape index (κ1) is 14.2. The quantitative estimate of drug-likeness (QED) is 0.923. The third kappa shape index (κ3) is 3.00. The molecule has 0 radical (unpaired) electrons. The minimum absolute atomic E-state index is 0.310. The molecule has 5 heteroatoms. The van der Waals surface area contributed by atoms with E-state index in [1.54, 1.807) is 0 Å². The van der Waals surface area contributed by atoms with Crippen LogP contribution in [0.5, 0.6) is 0 Å². The van der Waals surface area contributed by atoms with Gasteiger partial charge in [-0.3, -0.25) is 0 Å². The molecule has 2 rings (SSSR count). The van der Waals surface area contributed by atoms with Crippen LogP contribution in [-0.2, 0) is 0 Å². The molecule has 1 aliphatic heterocycles. The molecule has 18 heavy (non-hydrogen) atoms. The standard InChI is InChI=1S/C13H21N3S2/c1-8(14-4)11-7-15-13(16-9(11)2)12-10(3)17-5-6-18-12/h7-8,10,12,14H,5-6H2,1-4H3. The van der Waals surface area contributed by atoms with Crippen LogP contribution < -0.4 is 5.32 Å². The number of hydrogen-bond donors (Lipinski definition) is 1. The SMILES string of the molecule is CNC(C)c1cnc(C2SCCSC2C)nc1C. The van der Waals surface area contributed by atoms with Gasteiger partial charge in [-0.15, -0.1) is 11.8 Å². The fourth-order valence-corrected chi connectivity index (χ4v) is 4.83. The van der Waals surface area contributed by atoms with E-state index in [1.165, 1.54) is 17.1 Å². The van der Waals surface area contributed by atoms with Gasteiger partial charge in [-0.2, -0.15) is 11.8 Å². The monoisotopic (exact) mass is 283 g/mol. The van der Waals surface area contributed by atoms with Gasteiger partial charge in [-0.1, -0.05) is 6.92 Å². The summed E-state index contributed by atoms with van der Waals surface area (Å²) in [6, 6.07) is 0.310. The minimum atomic E-state index is 0.310. The van der Waals surface area contributed by atoms with Gasteiger partial charge in [-0.25, -0.2) is 9.97 Å². The molecule has 0 spiro atoms. The van der Waals surface area contributed by atoms with Crippen molar-refractivity contribution in [3.05, 3.63) is 23.3 Å². The number of thioether (sulfide) groups is 2. The van der Waals surface area contributed by atoms with Crippen LogP contribution in [0.4, 0.5) is 0 Å². The zero-order valence-electron chi connectivity index (χ0n) is 11.4. The first-order valence-electron chi connectivity index (χ1n) is 6.37. The molecule has 0 aliphatic carbocycles. The third-order valence-electron chi connectivity index (χ3n) is 3.38. The van der Waals surface area contributed by atoms with E-state index in [4.69, 9.17) is 4.98 Å². The number of rotatable bonds is 3. The summed E-state index contributed by atoms with van der Waals surface area (Å²) in [7, 11) is 1.97. The summed E-state index contributed by atoms with van der Waals surface area (Å²) in [4.78, 5) is 9.33. The van der Waals surface area contributed by atoms with Crippen LogP contribution in [0.25, 0.3) is 0 Å². The van der Waals surface area contributed by atoms with Gasteiger partial charge in [0.15, 0.2) is 0 Å². The lowest BCUT2D eigenvalue weighted by Crippen LogP contribution is -2.20. The highest BCUT2D eigenvalue weighted by molar-refractivity contribution is 8.06. The molecule has 0 saturated carbocycles. The second kappa shape index (κ2) is 6.26. The third-order valence-corrected chi connectivity index (χ3v) is 6.46. The highest BCUT2D eigenvalue weighted by Gasteiger charge is 2.27. The Morgan fingerprint density at radius 2 is 2.11 bits per heavy atom. The lowest BCUT2D eigenvalue weighted by molar-refractivity contribution is 0.636. The van der Waals surface area contributed by atoms with E-state index in [0.29, 0.717) is 16.5 Å². The van der Waals surface area contributed by atoms with Gasteiger partial charge < -0.3 is 5.32 Å². The van der Waals surface area contributed by atoms with E-state index in [1.807, 2.05) is 36.8 Å². The van der Waals surface area contributed by atoms with Crippen LogP contribution in [-0.4, -0.2) is 33.8 Å². The normalized spacial score (nSPS) is 26.0. The van der Waals surface area contributed by atoms with Crippen LogP contribution in [0.2, 0.25) is 0 Å². The highest BCUT2D eigenvalue weighted by Crippen LogP contribution is 2.41. The molecule has 3 atom stereocenters. The first-order valence-corrected chi connectivity index (χ1v) is 8.47. The molecule has 1 N–H and O–H groups in total. The van der Waals surface area contributed by atoms with E-state index >= 15 is 0 Å².